The third-order valence-corrected chi connectivity index (χ3v) is 3.68. The number of nitrogens with one attached hydrogen (secondary N) is 1. The highest BCUT2D eigenvalue weighted by Crippen LogP contribution is 2.29. The molecule has 0 amide bonds. The van der Waals surface area contributed by atoms with Gasteiger partial charge in [-0.2, -0.15) is 18.4 Å². The molecule has 0 aromatic carbocycles. The molecule has 0 radical (unpaired) electrons. The first-order valence-corrected chi connectivity index (χ1v) is 7.05. The van der Waals surface area contributed by atoms with Crippen LogP contribution in [0.2, 0.25) is 0 Å². The molecule has 21 heavy (non-hydrogen) atoms. The molecule has 3 nitrogen and oxygen atoms in total. The van der Waals surface area contributed by atoms with Crippen molar-refractivity contribution >= 4 is 17.2 Å². The Labute approximate surface area is 124 Å². The van der Waals surface area contributed by atoms with Crippen LogP contribution in [0.1, 0.15) is 23.1 Å². The average molecular weight is 311 g/mol. The summed E-state index contributed by atoms with van der Waals surface area (Å²) in [5, 5.41) is 13.8. The first-order chi connectivity index (χ1) is 9.90. The number of anilines is 1. The third-order valence-electron chi connectivity index (χ3n) is 2.78. The molecule has 0 saturated heterocycles. The fraction of sp³-hybridized carbons (Fsp3) is 0.286. The molecular formula is C14H12F3N3S. The van der Waals surface area contributed by atoms with Gasteiger partial charge in [0.05, 0.1) is 5.56 Å². The number of halogens is 3. The number of pyridine rings is 1. The highest BCUT2D eigenvalue weighted by Gasteiger charge is 2.33. The number of aromatic nitrogens is 1. The van der Waals surface area contributed by atoms with Crippen LogP contribution in [0.15, 0.2) is 29.6 Å². The number of hydrogen-bond donors (Lipinski definition) is 1. The van der Waals surface area contributed by atoms with E-state index in [1.807, 2.05) is 30.5 Å². The number of hydrogen-bond acceptors (Lipinski definition) is 4. The largest absolute Gasteiger partial charge is 0.433 e. The predicted octanol–water partition coefficient (Wildman–Crippen LogP) is 4.08. The third kappa shape index (κ3) is 3.95. The van der Waals surface area contributed by atoms with Gasteiger partial charge in [0.1, 0.15) is 17.6 Å². The van der Waals surface area contributed by atoms with E-state index in [-0.39, 0.29) is 17.4 Å². The lowest BCUT2D eigenvalue weighted by Gasteiger charge is -2.16. The fourth-order valence-electron chi connectivity index (χ4n) is 1.83. The molecule has 0 fully saturated rings. The van der Waals surface area contributed by atoms with Crippen molar-refractivity contribution in [2.24, 2.45) is 0 Å². The number of rotatable bonds is 4. The normalized spacial score (nSPS) is 12.7. The van der Waals surface area contributed by atoms with Gasteiger partial charge in [0.15, 0.2) is 0 Å². The van der Waals surface area contributed by atoms with Gasteiger partial charge in [-0.1, -0.05) is 6.07 Å². The fourth-order valence-corrected chi connectivity index (χ4v) is 2.67. The molecule has 1 atom stereocenters. The van der Waals surface area contributed by atoms with Crippen LogP contribution in [-0.2, 0) is 12.6 Å². The van der Waals surface area contributed by atoms with Crippen molar-refractivity contribution in [2.75, 3.05) is 5.32 Å². The minimum Gasteiger partial charge on any atom is -0.366 e. The minimum absolute atomic E-state index is 0.0311. The summed E-state index contributed by atoms with van der Waals surface area (Å²) in [7, 11) is 0. The van der Waals surface area contributed by atoms with Crippen LogP contribution in [0.4, 0.5) is 19.0 Å². The molecule has 0 spiro atoms. The van der Waals surface area contributed by atoms with Gasteiger partial charge in [0.2, 0.25) is 0 Å². The molecule has 0 aliphatic carbocycles. The van der Waals surface area contributed by atoms with Crippen LogP contribution in [0.3, 0.4) is 0 Å². The van der Waals surface area contributed by atoms with Crippen LogP contribution < -0.4 is 5.32 Å². The summed E-state index contributed by atoms with van der Waals surface area (Å²) in [6.45, 7) is 1.84. The maximum Gasteiger partial charge on any atom is 0.433 e. The topological polar surface area (TPSA) is 48.7 Å². The maximum atomic E-state index is 12.7. The van der Waals surface area contributed by atoms with E-state index in [1.165, 1.54) is 0 Å². The Bertz CT molecular complexity index is 644. The summed E-state index contributed by atoms with van der Waals surface area (Å²) in [5.74, 6) is -0.0311. The van der Waals surface area contributed by atoms with Crippen molar-refractivity contribution in [3.05, 3.63) is 45.8 Å². The van der Waals surface area contributed by atoms with E-state index in [0.717, 1.165) is 17.0 Å². The zero-order valence-electron chi connectivity index (χ0n) is 11.1. The molecule has 0 saturated carbocycles. The molecular weight excluding hydrogens is 299 g/mol. The SMILES string of the molecule is CC(Cc1cccs1)Nc1nc(C(F)(F)F)ccc1C#N. The van der Waals surface area contributed by atoms with Gasteiger partial charge >= 0.3 is 6.18 Å². The zero-order valence-corrected chi connectivity index (χ0v) is 11.9. The van der Waals surface area contributed by atoms with Gasteiger partial charge < -0.3 is 5.32 Å². The first kappa shape index (κ1) is 15.3. The number of alkyl halides is 3. The van der Waals surface area contributed by atoms with Crippen LogP contribution in [0.25, 0.3) is 0 Å². The van der Waals surface area contributed by atoms with Crippen molar-refractivity contribution in [1.29, 1.82) is 5.26 Å². The average Bonchev–Trinajstić information content (AvgIpc) is 2.90. The molecule has 110 valence electrons. The molecule has 2 rings (SSSR count). The van der Waals surface area contributed by atoms with Gasteiger partial charge in [-0.25, -0.2) is 4.98 Å². The molecule has 1 N–H and O–H groups in total. The second kappa shape index (κ2) is 6.14. The summed E-state index contributed by atoms with van der Waals surface area (Å²) < 4.78 is 38.0. The van der Waals surface area contributed by atoms with E-state index in [9.17, 15) is 13.2 Å². The summed E-state index contributed by atoms with van der Waals surface area (Å²) in [5.41, 5.74) is -0.909. The van der Waals surface area contributed by atoms with Crippen LogP contribution in [-0.4, -0.2) is 11.0 Å². The van der Waals surface area contributed by atoms with Crippen molar-refractivity contribution in [3.8, 4) is 6.07 Å². The molecule has 0 bridgehead atoms. The molecule has 7 heteroatoms. The molecule has 2 aromatic rings. The Morgan fingerprint density at radius 3 is 2.71 bits per heavy atom. The van der Waals surface area contributed by atoms with Crippen LogP contribution in [0, 0.1) is 11.3 Å². The summed E-state index contributed by atoms with van der Waals surface area (Å²) >= 11 is 1.57. The summed E-state index contributed by atoms with van der Waals surface area (Å²) in [6.07, 6.45) is -3.87. The van der Waals surface area contributed by atoms with E-state index >= 15 is 0 Å². The predicted molar refractivity (Wildman–Crippen MR) is 75.1 cm³/mol. The minimum atomic E-state index is -4.53. The summed E-state index contributed by atoms with van der Waals surface area (Å²) in [6, 6.07) is 7.53. The molecule has 1 unspecified atom stereocenters. The van der Waals surface area contributed by atoms with Gasteiger partial charge in [0, 0.05) is 17.3 Å². The van der Waals surface area contributed by atoms with Crippen LogP contribution in [0.5, 0.6) is 0 Å². The Hall–Kier alpha value is -2.07. The van der Waals surface area contributed by atoms with E-state index in [2.05, 4.69) is 10.3 Å². The molecule has 0 aliphatic heterocycles. The molecule has 0 aliphatic rings. The van der Waals surface area contributed by atoms with E-state index < -0.39 is 11.9 Å². The Morgan fingerprint density at radius 2 is 2.14 bits per heavy atom. The Kier molecular flexibility index (Phi) is 4.48. The zero-order chi connectivity index (χ0) is 15.5. The summed E-state index contributed by atoms with van der Waals surface area (Å²) in [4.78, 5) is 4.64. The van der Waals surface area contributed by atoms with E-state index in [4.69, 9.17) is 5.26 Å². The molecule has 2 heterocycles. The first-order valence-electron chi connectivity index (χ1n) is 6.17. The van der Waals surface area contributed by atoms with Crippen molar-refractivity contribution in [3.63, 3.8) is 0 Å². The van der Waals surface area contributed by atoms with Gasteiger partial charge in [0.25, 0.3) is 0 Å². The van der Waals surface area contributed by atoms with Gasteiger partial charge in [-0.3, -0.25) is 0 Å². The van der Waals surface area contributed by atoms with Gasteiger partial charge in [-0.05, 0) is 30.5 Å². The number of nitriles is 1. The Morgan fingerprint density at radius 1 is 1.38 bits per heavy atom. The molecule has 2 aromatic heterocycles. The quantitative estimate of drug-likeness (QED) is 0.925. The van der Waals surface area contributed by atoms with Crippen molar-refractivity contribution in [2.45, 2.75) is 25.6 Å². The highest BCUT2D eigenvalue weighted by atomic mass is 32.1. The van der Waals surface area contributed by atoms with E-state index in [0.29, 0.717) is 6.42 Å². The number of nitrogens with zero attached hydrogens (tertiary/aromatic N) is 2. The standard InChI is InChI=1S/C14H12F3N3S/c1-9(7-11-3-2-6-21-11)19-13-10(8-18)4-5-12(20-13)14(15,16)17/h2-6,9H,7H2,1H3,(H,19,20). The second-order valence-corrected chi connectivity index (χ2v) is 5.56. The number of thiophene rings is 1. The monoisotopic (exact) mass is 311 g/mol. The van der Waals surface area contributed by atoms with E-state index in [1.54, 1.807) is 11.3 Å². The lowest BCUT2D eigenvalue weighted by atomic mass is 10.2. The lowest BCUT2D eigenvalue weighted by Crippen LogP contribution is -2.20. The smallest absolute Gasteiger partial charge is 0.366 e. The highest BCUT2D eigenvalue weighted by molar-refractivity contribution is 7.09. The van der Waals surface area contributed by atoms with Gasteiger partial charge in [-0.15, -0.1) is 11.3 Å². The lowest BCUT2D eigenvalue weighted by molar-refractivity contribution is -0.141. The van der Waals surface area contributed by atoms with Crippen molar-refractivity contribution < 1.29 is 13.2 Å². The van der Waals surface area contributed by atoms with Crippen LogP contribution >= 0.6 is 11.3 Å². The van der Waals surface area contributed by atoms with Crippen molar-refractivity contribution in [1.82, 2.24) is 4.98 Å². The second-order valence-electron chi connectivity index (χ2n) is 4.53. The maximum absolute atomic E-state index is 12.7. The Balaban J connectivity index is 2.19.